The zero-order chi connectivity index (χ0) is 21.9. The summed E-state index contributed by atoms with van der Waals surface area (Å²) in [4.78, 5) is 0. The van der Waals surface area contributed by atoms with Gasteiger partial charge in [0.1, 0.15) is 0 Å². The molecule has 3 unspecified atom stereocenters. The molecule has 0 heterocycles. The summed E-state index contributed by atoms with van der Waals surface area (Å²) in [6.45, 7) is 0.579. The largest absolute Gasteiger partial charge is 0.480 e. The Hall–Kier alpha value is -1.52. The van der Waals surface area contributed by atoms with Crippen molar-refractivity contribution in [2.24, 2.45) is 22.4 Å². The molecule has 6 nitrogen and oxygen atoms in total. The molecule has 5 atom stereocenters. The molecule has 3 N–H and O–H groups in total. The van der Waals surface area contributed by atoms with E-state index in [4.69, 9.17) is 14.1 Å². The molecule has 0 saturated heterocycles. The van der Waals surface area contributed by atoms with Crippen LogP contribution in [0.2, 0.25) is 0 Å². The SMILES string of the molecule is C[C@]12CCC3c4cc(OCC(F)(F)F)c(OS(N)(=O)=O)cc4CCC3C1CC[C@H]2O. The lowest BCUT2D eigenvalue weighted by molar-refractivity contribution is -0.153. The Morgan fingerprint density at radius 2 is 1.93 bits per heavy atom. The number of ether oxygens (including phenoxy) is 1. The van der Waals surface area contributed by atoms with E-state index < -0.39 is 23.1 Å². The van der Waals surface area contributed by atoms with E-state index in [2.05, 4.69) is 6.92 Å². The number of benzene rings is 1. The van der Waals surface area contributed by atoms with Gasteiger partial charge in [0.25, 0.3) is 0 Å². The molecular formula is C20H26F3NO5S. The summed E-state index contributed by atoms with van der Waals surface area (Å²) in [5, 5.41) is 15.4. The molecule has 0 aliphatic heterocycles. The Balaban J connectivity index is 1.70. The van der Waals surface area contributed by atoms with Crippen molar-refractivity contribution in [3.05, 3.63) is 23.3 Å². The van der Waals surface area contributed by atoms with Gasteiger partial charge in [-0.25, -0.2) is 0 Å². The first-order valence-electron chi connectivity index (χ1n) is 10.1. The average molecular weight is 449 g/mol. The number of alkyl halides is 3. The number of fused-ring (bicyclic) bond motifs is 5. The molecule has 1 aromatic rings. The summed E-state index contributed by atoms with van der Waals surface area (Å²) < 4.78 is 70.6. The van der Waals surface area contributed by atoms with Gasteiger partial charge in [-0.15, -0.1) is 0 Å². The fourth-order valence-electron chi connectivity index (χ4n) is 6.01. The average Bonchev–Trinajstić information content (AvgIpc) is 2.93. The van der Waals surface area contributed by atoms with E-state index in [1.165, 1.54) is 12.1 Å². The summed E-state index contributed by atoms with van der Waals surface area (Å²) in [6, 6.07) is 2.94. The van der Waals surface area contributed by atoms with E-state index in [9.17, 15) is 26.7 Å². The lowest BCUT2D eigenvalue weighted by Gasteiger charge is -2.50. The highest BCUT2D eigenvalue weighted by Gasteiger charge is 2.54. The minimum Gasteiger partial charge on any atom is -0.480 e. The second-order valence-electron chi connectivity index (χ2n) is 9.03. The Bertz CT molecular complexity index is 935. The minimum atomic E-state index is -4.58. The van der Waals surface area contributed by atoms with Crippen LogP contribution in [0.15, 0.2) is 12.1 Å². The summed E-state index contributed by atoms with van der Waals surface area (Å²) in [5.74, 6) is 0.221. The van der Waals surface area contributed by atoms with Gasteiger partial charge in [-0.3, -0.25) is 0 Å². The highest BCUT2D eigenvalue weighted by Crippen LogP contribution is 2.61. The fourth-order valence-corrected chi connectivity index (χ4v) is 6.39. The van der Waals surface area contributed by atoms with Gasteiger partial charge in [-0.05, 0) is 85.0 Å². The van der Waals surface area contributed by atoms with Crippen LogP contribution in [0.25, 0.3) is 0 Å². The van der Waals surface area contributed by atoms with Crippen LogP contribution < -0.4 is 14.1 Å². The minimum absolute atomic E-state index is 0.120. The maximum absolute atomic E-state index is 12.7. The second kappa shape index (κ2) is 7.27. The Kier molecular flexibility index (Phi) is 5.26. The maximum Gasteiger partial charge on any atom is 0.422 e. The van der Waals surface area contributed by atoms with Crippen LogP contribution in [0, 0.1) is 17.3 Å². The van der Waals surface area contributed by atoms with Gasteiger partial charge in [-0.1, -0.05) is 6.92 Å². The standard InChI is InChI=1S/C20H26F3NO5S/c1-19-7-6-12-13(15(19)4-5-18(19)25)3-2-11-8-17(29-30(24,26)27)16(9-14(11)12)28-10-20(21,22)23/h8-9,12-13,15,18,25H,2-7,10H2,1H3,(H2,24,26,27)/t12?,13?,15?,18-,19+/m1/s1. The van der Waals surface area contributed by atoms with Gasteiger partial charge < -0.3 is 14.0 Å². The molecule has 30 heavy (non-hydrogen) atoms. The molecule has 0 aromatic heterocycles. The highest BCUT2D eigenvalue weighted by atomic mass is 32.2. The van der Waals surface area contributed by atoms with E-state index in [0.29, 0.717) is 18.3 Å². The van der Waals surface area contributed by atoms with Crippen molar-refractivity contribution in [3.8, 4) is 11.5 Å². The normalized spacial score (nSPS) is 33.4. The van der Waals surface area contributed by atoms with Gasteiger partial charge in [0.05, 0.1) is 6.10 Å². The highest BCUT2D eigenvalue weighted by molar-refractivity contribution is 7.84. The van der Waals surface area contributed by atoms with Crippen LogP contribution in [0.3, 0.4) is 0 Å². The number of rotatable bonds is 4. The predicted molar refractivity (Wildman–Crippen MR) is 102 cm³/mol. The topological polar surface area (TPSA) is 98.9 Å². The van der Waals surface area contributed by atoms with Gasteiger partial charge >= 0.3 is 16.5 Å². The number of nitrogens with two attached hydrogens (primary N) is 1. The molecule has 4 rings (SSSR count). The smallest absolute Gasteiger partial charge is 0.422 e. The lowest BCUT2D eigenvalue weighted by Crippen LogP contribution is -2.43. The van der Waals surface area contributed by atoms with Crippen molar-refractivity contribution in [2.75, 3.05) is 6.61 Å². The molecule has 3 aliphatic carbocycles. The molecule has 2 saturated carbocycles. The molecule has 0 radical (unpaired) electrons. The van der Waals surface area contributed by atoms with E-state index in [0.717, 1.165) is 43.2 Å². The third kappa shape index (κ3) is 4.01. The molecule has 0 spiro atoms. The van der Waals surface area contributed by atoms with Crippen molar-refractivity contribution in [1.29, 1.82) is 0 Å². The zero-order valence-corrected chi connectivity index (χ0v) is 17.4. The lowest BCUT2D eigenvalue weighted by atomic mass is 9.55. The first kappa shape index (κ1) is 21.7. The summed E-state index contributed by atoms with van der Waals surface area (Å²) in [6.07, 6.45) is 0.00677. The van der Waals surface area contributed by atoms with Crippen molar-refractivity contribution < 1.29 is 35.6 Å². The van der Waals surface area contributed by atoms with Crippen LogP contribution in [0.4, 0.5) is 13.2 Å². The van der Waals surface area contributed by atoms with E-state index in [1.54, 1.807) is 0 Å². The van der Waals surface area contributed by atoms with Gasteiger partial charge in [-0.2, -0.15) is 26.7 Å². The van der Waals surface area contributed by atoms with Crippen LogP contribution >= 0.6 is 0 Å². The second-order valence-corrected chi connectivity index (χ2v) is 10.2. The molecule has 2 fully saturated rings. The fraction of sp³-hybridized carbons (Fsp3) is 0.700. The molecular weight excluding hydrogens is 423 g/mol. The van der Waals surface area contributed by atoms with Crippen molar-refractivity contribution in [3.63, 3.8) is 0 Å². The number of aryl methyl sites for hydroxylation is 1. The van der Waals surface area contributed by atoms with Crippen LogP contribution in [0.1, 0.15) is 56.1 Å². The van der Waals surface area contributed by atoms with E-state index in [-0.39, 0.29) is 28.9 Å². The number of halogens is 3. The van der Waals surface area contributed by atoms with E-state index >= 15 is 0 Å². The van der Waals surface area contributed by atoms with Crippen LogP contribution in [-0.4, -0.2) is 32.4 Å². The number of hydrogen-bond acceptors (Lipinski definition) is 5. The van der Waals surface area contributed by atoms with Gasteiger partial charge in [0, 0.05) is 0 Å². The summed E-state index contributed by atoms with van der Waals surface area (Å²) >= 11 is 0. The van der Waals surface area contributed by atoms with Crippen molar-refractivity contribution in [2.45, 2.75) is 63.6 Å². The summed E-state index contributed by atoms with van der Waals surface area (Å²) in [7, 11) is -4.42. The molecule has 0 amide bonds. The van der Waals surface area contributed by atoms with Crippen molar-refractivity contribution in [1.82, 2.24) is 0 Å². The molecule has 3 aliphatic rings. The Labute approximate surface area is 173 Å². The predicted octanol–water partition coefficient (Wildman–Crippen LogP) is 3.43. The van der Waals surface area contributed by atoms with Crippen LogP contribution in [0.5, 0.6) is 11.5 Å². The molecule has 10 heteroatoms. The van der Waals surface area contributed by atoms with Gasteiger partial charge in [0.2, 0.25) is 0 Å². The number of aliphatic hydroxyl groups is 1. The van der Waals surface area contributed by atoms with E-state index in [1.807, 2.05) is 0 Å². The zero-order valence-electron chi connectivity index (χ0n) is 16.6. The molecule has 1 aromatic carbocycles. The number of aliphatic hydroxyl groups excluding tert-OH is 1. The first-order valence-corrected chi connectivity index (χ1v) is 11.6. The quantitative estimate of drug-likeness (QED) is 0.734. The van der Waals surface area contributed by atoms with Crippen LogP contribution in [-0.2, 0) is 16.7 Å². The maximum atomic E-state index is 12.7. The monoisotopic (exact) mass is 449 g/mol. The molecule has 168 valence electrons. The third-order valence-corrected chi connectivity index (χ3v) is 7.75. The number of hydrogen-bond donors (Lipinski definition) is 2. The van der Waals surface area contributed by atoms with Gasteiger partial charge in [0.15, 0.2) is 18.1 Å². The Morgan fingerprint density at radius 1 is 1.20 bits per heavy atom. The Morgan fingerprint density at radius 3 is 2.60 bits per heavy atom. The first-order chi connectivity index (χ1) is 13.9. The molecule has 0 bridgehead atoms. The van der Waals surface area contributed by atoms with Crippen molar-refractivity contribution >= 4 is 10.3 Å². The third-order valence-electron chi connectivity index (χ3n) is 7.34. The summed E-state index contributed by atoms with van der Waals surface area (Å²) in [5.41, 5.74) is 1.61.